The lowest BCUT2D eigenvalue weighted by Crippen LogP contribution is -2.46. The van der Waals surface area contributed by atoms with Crippen molar-refractivity contribution in [2.75, 3.05) is 7.05 Å². The van der Waals surface area contributed by atoms with Gasteiger partial charge in [0.1, 0.15) is 17.4 Å². The molecule has 0 aliphatic carbocycles. The smallest absolute Gasteiger partial charge is 0.279 e. The fraction of sp³-hybridized carbons (Fsp3) is 0.421. The van der Waals surface area contributed by atoms with Gasteiger partial charge in [-0.2, -0.15) is 5.10 Å². The topological polar surface area (TPSA) is 64.4 Å². The maximum absolute atomic E-state index is 13.0. The molecule has 0 fully saturated rings. The summed E-state index contributed by atoms with van der Waals surface area (Å²) in [4.78, 5) is 27.0. The Morgan fingerprint density at radius 3 is 2.72 bits per heavy atom. The molecule has 1 aliphatic heterocycles. The molecule has 1 aromatic heterocycles. The van der Waals surface area contributed by atoms with Crippen molar-refractivity contribution < 1.29 is 9.53 Å². The summed E-state index contributed by atoms with van der Waals surface area (Å²) in [5, 5.41) is 4.13. The number of hydrogen-bond acceptors (Lipinski definition) is 4. The normalized spacial score (nSPS) is 16.9. The van der Waals surface area contributed by atoms with Crippen molar-refractivity contribution in [3.63, 3.8) is 0 Å². The second-order valence-electron chi connectivity index (χ2n) is 6.64. The van der Waals surface area contributed by atoms with Gasteiger partial charge in [-0.3, -0.25) is 9.59 Å². The van der Waals surface area contributed by atoms with E-state index in [0.29, 0.717) is 11.3 Å². The lowest BCUT2D eigenvalue weighted by atomic mass is 10.0. The van der Waals surface area contributed by atoms with Crippen LogP contribution in [0.15, 0.2) is 29.1 Å². The second-order valence-corrected chi connectivity index (χ2v) is 6.64. The summed E-state index contributed by atoms with van der Waals surface area (Å²) < 4.78 is 7.21. The van der Waals surface area contributed by atoms with Crippen molar-refractivity contribution in [3.05, 3.63) is 57.0 Å². The lowest BCUT2D eigenvalue weighted by molar-refractivity contribution is 0.0594. The molecule has 0 radical (unpaired) electrons. The summed E-state index contributed by atoms with van der Waals surface area (Å²) in [6.45, 7) is 5.51. The van der Waals surface area contributed by atoms with Crippen LogP contribution < -0.4 is 10.3 Å². The molecule has 2 heterocycles. The Hall–Kier alpha value is -2.63. The van der Waals surface area contributed by atoms with Gasteiger partial charge in [-0.25, -0.2) is 4.68 Å². The van der Waals surface area contributed by atoms with Crippen LogP contribution in [0.5, 0.6) is 5.75 Å². The number of amides is 1. The number of ether oxygens (including phenoxy) is 1. The average molecular weight is 341 g/mol. The van der Waals surface area contributed by atoms with Crippen LogP contribution in [0.25, 0.3) is 0 Å². The zero-order valence-corrected chi connectivity index (χ0v) is 15.2. The van der Waals surface area contributed by atoms with Crippen LogP contribution in [-0.2, 0) is 13.5 Å². The van der Waals surface area contributed by atoms with Crippen molar-refractivity contribution in [1.29, 1.82) is 0 Å². The number of carbonyl (C=O) groups excluding carboxylic acids is 1. The van der Waals surface area contributed by atoms with Crippen LogP contribution in [-0.4, -0.2) is 39.8 Å². The Bertz CT molecular complexity index is 863. The van der Waals surface area contributed by atoms with Crippen LogP contribution in [0.2, 0.25) is 0 Å². The molecule has 0 N–H and O–H groups in total. The number of aryl methyl sites for hydroxylation is 2. The molecule has 6 heteroatoms. The van der Waals surface area contributed by atoms with Gasteiger partial charge in [0, 0.05) is 20.5 Å². The number of benzene rings is 1. The summed E-state index contributed by atoms with van der Waals surface area (Å²) >= 11 is 0. The zero-order valence-electron chi connectivity index (χ0n) is 15.2. The number of aromatic nitrogens is 2. The number of carbonyl (C=O) groups is 1. The molecule has 6 nitrogen and oxygen atoms in total. The van der Waals surface area contributed by atoms with E-state index in [1.165, 1.54) is 4.68 Å². The number of nitrogens with zero attached hydrogens (tertiary/aromatic N) is 3. The molecule has 1 aliphatic rings. The molecule has 1 aromatic carbocycles. The predicted molar refractivity (Wildman–Crippen MR) is 95.1 cm³/mol. The van der Waals surface area contributed by atoms with Crippen LogP contribution in [0, 0.1) is 13.8 Å². The highest BCUT2D eigenvalue weighted by Crippen LogP contribution is 2.30. The number of likely N-dealkylation sites (N-methyl/N-ethyl adjacent to an activating group) is 1. The zero-order chi connectivity index (χ0) is 18.3. The first kappa shape index (κ1) is 17.2. The van der Waals surface area contributed by atoms with Crippen LogP contribution in [0.4, 0.5) is 0 Å². The molecule has 132 valence electrons. The summed E-state index contributed by atoms with van der Waals surface area (Å²) in [5.74, 6) is 0.572. The Morgan fingerprint density at radius 2 is 2.04 bits per heavy atom. The molecular formula is C19H23N3O3. The van der Waals surface area contributed by atoms with Crippen molar-refractivity contribution in [1.82, 2.24) is 14.7 Å². The van der Waals surface area contributed by atoms with Gasteiger partial charge in [0.05, 0.1) is 11.7 Å². The number of rotatable bonds is 3. The van der Waals surface area contributed by atoms with Gasteiger partial charge in [-0.15, -0.1) is 0 Å². The highest BCUT2D eigenvalue weighted by molar-refractivity contribution is 5.95. The van der Waals surface area contributed by atoms with Crippen molar-refractivity contribution in [2.45, 2.75) is 39.3 Å². The average Bonchev–Trinajstić information content (AvgIpc) is 3.03. The van der Waals surface area contributed by atoms with E-state index in [-0.39, 0.29) is 29.2 Å². The van der Waals surface area contributed by atoms with E-state index >= 15 is 0 Å². The molecule has 2 aromatic rings. The molecule has 0 saturated heterocycles. The standard InChI is InChI=1S/C19H23N3O3/c1-11-12(2)20-22(5)19(24)17(11)18(23)21(4)13(3)16-10-14-8-6-7-9-15(14)25-16/h6-9,13,16H,10H2,1-5H3/t13-,16-/m0/s1. The largest absolute Gasteiger partial charge is 0.488 e. The van der Waals surface area contributed by atoms with Gasteiger partial charge in [-0.1, -0.05) is 18.2 Å². The van der Waals surface area contributed by atoms with Gasteiger partial charge >= 0.3 is 0 Å². The minimum absolute atomic E-state index is 0.126. The van der Waals surface area contributed by atoms with Crippen LogP contribution >= 0.6 is 0 Å². The van der Waals surface area contributed by atoms with Gasteiger partial charge in [0.25, 0.3) is 11.5 Å². The fourth-order valence-electron chi connectivity index (χ4n) is 3.19. The lowest BCUT2D eigenvalue weighted by Gasteiger charge is -2.29. The summed E-state index contributed by atoms with van der Waals surface area (Å²) in [6.07, 6.45) is 0.625. The Balaban J connectivity index is 1.86. The minimum Gasteiger partial charge on any atom is -0.488 e. The Kier molecular flexibility index (Phi) is 4.37. The summed E-state index contributed by atoms with van der Waals surface area (Å²) in [5.41, 5.74) is 2.26. The van der Waals surface area contributed by atoms with Crippen LogP contribution in [0.3, 0.4) is 0 Å². The number of hydrogen-bond donors (Lipinski definition) is 0. The fourth-order valence-corrected chi connectivity index (χ4v) is 3.19. The first-order valence-electron chi connectivity index (χ1n) is 8.37. The molecule has 0 spiro atoms. The van der Waals surface area contributed by atoms with E-state index < -0.39 is 0 Å². The molecular weight excluding hydrogens is 318 g/mol. The van der Waals surface area contributed by atoms with E-state index in [1.54, 1.807) is 32.8 Å². The van der Waals surface area contributed by atoms with E-state index in [1.807, 2.05) is 31.2 Å². The molecule has 25 heavy (non-hydrogen) atoms. The minimum atomic E-state index is -0.372. The monoisotopic (exact) mass is 341 g/mol. The third-order valence-electron chi connectivity index (χ3n) is 5.08. The molecule has 0 saturated carbocycles. The molecule has 1 amide bonds. The maximum atomic E-state index is 13.0. The molecule has 2 atom stereocenters. The van der Waals surface area contributed by atoms with Crippen molar-refractivity contribution in [3.8, 4) is 5.75 Å². The maximum Gasteiger partial charge on any atom is 0.279 e. The highest BCUT2D eigenvalue weighted by Gasteiger charge is 2.33. The summed E-state index contributed by atoms with van der Waals surface area (Å²) in [6, 6.07) is 7.73. The SMILES string of the molecule is Cc1nn(C)c(=O)c(C(=O)N(C)[C@@H](C)[C@@H]2Cc3ccccc3O2)c1C. The quantitative estimate of drug-likeness (QED) is 0.855. The third kappa shape index (κ3) is 2.92. The first-order valence-corrected chi connectivity index (χ1v) is 8.37. The number of fused-ring (bicyclic) bond motifs is 1. The number of para-hydroxylation sites is 1. The van der Waals surface area contributed by atoms with E-state index in [9.17, 15) is 9.59 Å². The molecule has 0 bridgehead atoms. The summed E-state index contributed by atoms with van der Waals surface area (Å²) in [7, 11) is 3.28. The van der Waals surface area contributed by atoms with E-state index in [4.69, 9.17) is 4.74 Å². The van der Waals surface area contributed by atoms with Crippen molar-refractivity contribution in [2.24, 2.45) is 7.05 Å². The van der Waals surface area contributed by atoms with Crippen molar-refractivity contribution >= 4 is 5.91 Å². The Morgan fingerprint density at radius 1 is 1.36 bits per heavy atom. The van der Waals surface area contributed by atoms with Crippen LogP contribution in [0.1, 0.15) is 34.1 Å². The van der Waals surface area contributed by atoms with Gasteiger partial charge < -0.3 is 9.64 Å². The molecule has 3 rings (SSSR count). The second kappa shape index (κ2) is 6.35. The predicted octanol–water partition coefficient (Wildman–Crippen LogP) is 1.86. The van der Waals surface area contributed by atoms with Gasteiger partial charge in [-0.05, 0) is 38.0 Å². The Labute approximate surface area is 147 Å². The van der Waals surface area contributed by atoms with E-state index in [0.717, 1.165) is 17.7 Å². The first-order chi connectivity index (χ1) is 11.8. The van der Waals surface area contributed by atoms with Gasteiger partial charge in [0.15, 0.2) is 0 Å². The molecule has 0 unspecified atom stereocenters. The highest BCUT2D eigenvalue weighted by atomic mass is 16.5. The third-order valence-corrected chi connectivity index (χ3v) is 5.08. The van der Waals surface area contributed by atoms with Gasteiger partial charge in [0.2, 0.25) is 0 Å². The van der Waals surface area contributed by atoms with E-state index in [2.05, 4.69) is 5.10 Å².